The van der Waals surface area contributed by atoms with E-state index >= 15 is 0 Å². The molecule has 1 aromatic carbocycles. The number of carbonyl (C=O) groups is 1. The van der Waals surface area contributed by atoms with Gasteiger partial charge in [0.25, 0.3) is 0 Å². The first kappa shape index (κ1) is 22.5. The number of hydrogen-bond acceptors (Lipinski definition) is 3. The average Bonchev–Trinajstić information content (AvgIpc) is 3.22. The molecule has 2 atom stereocenters. The highest BCUT2D eigenvalue weighted by atomic mass is 35.5. The molecule has 1 saturated carbocycles. The standard InChI is InChI=1S/C19H26N4O.2ClH/c1-2-3-10-23-11-9-21-18(23)14-5-4-6-17(13-14)22-19(24)15-7-8-16(20)12-15;;/h4-6,9,11,13,15-16H,2-3,7-8,10,12,20H2,1H3,(H,22,24);2*1H. The molecule has 2 aromatic rings. The zero-order valence-corrected chi connectivity index (χ0v) is 16.7. The number of halogens is 2. The number of imidazole rings is 1. The van der Waals surface area contributed by atoms with E-state index in [2.05, 4.69) is 21.8 Å². The Kier molecular flexibility index (Phi) is 9.13. The van der Waals surface area contributed by atoms with Crippen LogP contribution in [0.2, 0.25) is 0 Å². The Morgan fingerprint density at radius 1 is 1.35 bits per heavy atom. The highest BCUT2D eigenvalue weighted by molar-refractivity contribution is 5.93. The van der Waals surface area contributed by atoms with Crippen molar-refractivity contribution in [1.82, 2.24) is 9.55 Å². The maximum atomic E-state index is 12.4. The minimum Gasteiger partial charge on any atom is -0.331 e. The second-order valence-corrected chi connectivity index (χ2v) is 6.64. The molecule has 1 aromatic heterocycles. The van der Waals surface area contributed by atoms with Gasteiger partial charge in [-0.1, -0.05) is 25.5 Å². The number of anilines is 1. The van der Waals surface area contributed by atoms with Crippen LogP contribution >= 0.6 is 24.8 Å². The lowest BCUT2D eigenvalue weighted by Gasteiger charge is -2.12. The van der Waals surface area contributed by atoms with Crippen LogP contribution < -0.4 is 11.1 Å². The van der Waals surface area contributed by atoms with E-state index < -0.39 is 0 Å². The summed E-state index contributed by atoms with van der Waals surface area (Å²) in [5, 5.41) is 3.04. The van der Waals surface area contributed by atoms with Gasteiger partial charge >= 0.3 is 0 Å². The van der Waals surface area contributed by atoms with Crippen LogP contribution in [0.5, 0.6) is 0 Å². The third-order valence-corrected chi connectivity index (χ3v) is 4.70. The molecule has 1 aliphatic rings. The van der Waals surface area contributed by atoms with Crippen LogP contribution in [0.15, 0.2) is 36.7 Å². The van der Waals surface area contributed by atoms with E-state index in [4.69, 9.17) is 5.73 Å². The Hall–Kier alpha value is -1.56. The van der Waals surface area contributed by atoms with Gasteiger partial charge in [-0.25, -0.2) is 4.98 Å². The molecule has 5 nitrogen and oxygen atoms in total. The van der Waals surface area contributed by atoms with Crippen molar-refractivity contribution in [3.8, 4) is 11.4 Å². The number of aromatic nitrogens is 2. The highest BCUT2D eigenvalue weighted by Gasteiger charge is 2.27. The molecule has 0 aliphatic heterocycles. The lowest BCUT2D eigenvalue weighted by molar-refractivity contribution is -0.119. The van der Waals surface area contributed by atoms with Gasteiger partial charge in [-0.15, -0.1) is 24.8 Å². The molecule has 144 valence electrons. The van der Waals surface area contributed by atoms with Gasteiger partial charge in [-0.05, 0) is 37.8 Å². The van der Waals surface area contributed by atoms with Crippen LogP contribution in [0.25, 0.3) is 11.4 Å². The predicted octanol–water partition coefficient (Wildman–Crippen LogP) is 4.26. The maximum absolute atomic E-state index is 12.4. The van der Waals surface area contributed by atoms with Crippen LogP contribution in [0.3, 0.4) is 0 Å². The molecule has 7 heteroatoms. The van der Waals surface area contributed by atoms with Gasteiger partial charge in [0.05, 0.1) is 0 Å². The Morgan fingerprint density at radius 3 is 2.85 bits per heavy atom. The van der Waals surface area contributed by atoms with Crippen molar-refractivity contribution < 1.29 is 4.79 Å². The zero-order valence-electron chi connectivity index (χ0n) is 15.1. The molecule has 2 unspecified atom stereocenters. The molecule has 0 radical (unpaired) electrons. The van der Waals surface area contributed by atoms with E-state index in [1.165, 1.54) is 0 Å². The average molecular weight is 399 g/mol. The second-order valence-electron chi connectivity index (χ2n) is 6.64. The van der Waals surface area contributed by atoms with Crippen molar-refractivity contribution >= 4 is 36.4 Å². The lowest BCUT2D eigenvalue weighted by Crippen LogP contribution is -2.23. The summed E-state index contributed by atoms with van der Waals surface area (Å²) in [5.41, 5.74) is 7.76. The van der Waals surface area contributed by atoms with Crippen LogP contribution in [-0.2, 0) is 11.3 Å². The molecule has 0 bridgehead atoms. The Balaban J connectivity index is 0.00000169. The summed E-state index contributed by atoms with van der Waals surface area (Å²) >= 11 is 0. The van der Waals surface area contributed by atoms with Crippen molar-refractivity contribution in [2.24, 2.45) is 11.7 Å². The zero-order chi connectivity index (χ0) is 16.9. The SMILES string of the molecule is CCCCn1ccnc1-c1cccc(NC(=O)C2CCC(N)C2)c1.Cl.Cl. The number of aryl methyl sites for hydroxylation is 1. The number of unbranched alkanes of at least 4 members (excludes halogenated alkanes) is 1. The van der Waals surface area contributed by atoms with Gasteiger partial charge in [0.1, 0.15) is 5.82 Å². The number of nitrogens with one attached hydrogen (secondary N) is 1. The van der Waals surface area contributed by atoms with Crippen molar-refractivity contribution in [1.29, 1.82) is 0 Å². The maximum Gasteiger partial charge on any atom is 0.227 e. The van der Waals surface area contributed by atoms with Crippen molar-refractivity contribution in [3.63, 3.8) is 0 Å². The molecule has 1 amide bonds. The molecule has 0 spiro atoms. The minimum atomic E-state index is 0. The molecule has 3 N–H and O–H groups in total. The molecule has 0 saturated heterocycles. The molecule has 1 aliphatic carbocycles. The van der Waals surface area contributed by atoms with E-state index in [1.54, 1.807) is 0 Å². The fourth-order valence-electron chi connectivity index (χ4n) is 3.31. The van der Waals surface area contributed by atoms with Crippen molar-refractivity contribution in [3.05, 3.63) is 36.7 Å². The third-order valence-electron chi connectivity index (χ3n) is 4.70. The summed E-state index contributed by atoms with van der Waals surface area (Å²) in [4.78, 5) is 16.9. The van der Waals surface area contributed by atoms with E-state index in [1.807, 2.05) is 36.7 Å². The third kappa shape index (κ3) is 5.47. The molecule has 26 heavy (non-hydrogen) atoms. The van der Waals surface area contributed by atoms with E-state index in [9.17, 15) is 4.79 Å². The molecular weight excluding hydrogens is 371 g/mol. The van der Waals surface area contributed by atoms with Crippen LogP contribution in [0, 0.1) is 5.92 Å². The second kappa shape index (κ2) is 10.6. The van der Waals surface area contributed by atoms with Crippen molar-refractivity contribution in [2.75, 3.05) is 5.32 Å². The first-order chi connectivity index (χ1) is 11.7. The summed E-state index contributed by atoms with van der Waals surface area (Å²) in [7, 11) is 0. The number of amides is 1. The molecule has 1 heterocycles. The quantitative estimate of drug-likeness (QED) is 0.762. The number of rotatable bonds is 6. The number of benzene rings is 1. The summed E-state index contributed by atoms with van der Waals surface area (Å²) in [6.07, 6.45) is 8.72. The lowest BCUT2D eigenvalue weighted by atomic mass is 10.1. The first-order valence-electron chi connectivity index (χ1n) is 8.85. The fourth-order valence-corrected chi connectivity index (χ4v) is 3.31. The van der Waals surface area contributed by atoms with Gasteiger partial charge in [-0.3, -0.25) is 4.79 Å². The highest BCUT2D eigenvalue weighted by Crippen LogP contribution is 2.27. The molecule has 3 rings (SSSR count). The topological polar surface area (TPSA) is 72.9 Å². The van der Waals surface area contributed by atoms with Crippen molar-refractivity contribution in [2.45, 2.75) is 51.6 Å². The number of nitrogens with two attached hydrogens (primary N) is 1. The first-order valence-corrected chi connectivity index (χ1v) is 8.85. The van der Waals surface area contributed by atoms with E-state index in [-0.39, 0.29) is 42.7 Å². The Labute approximate surface area is 167 Å². The number of carbonyl (C=O) groups excluding carboxylic acids is 1. The smallest absolute Gasteiger partial charge is 0.227 e. The summed E-state index contributed by atoms with van der Waals surface area (Å²) < 4.78 is 2.17. The van der Waals surface area contributed by atoms with Gasteiger partial charge in [0.2, 0.25) is 5.91 Å². The molecular formula is C19H28Cl2N4O. The predicted molar refractivity (Wildman–Crippen MR) is 111 cm³/mol. The fraction of sp³-hybridized carbons (Fsp3) is 0.474. The van der Waals surface area contributed by atoms with E-state index in [0.717, 1.165) is 55.7 Å². The summed E-state index contributed by atoms with van der Waals surface area (Å²) in [6.45, 7) is 3.14. The van der Waals surface area contributed by atoms with Gasteiger partial charge in [0, 0.05) is 42.1 Å². The van der Waals surface area contributed by atoms with Crippen LogP contribution in [0.1, 0.15) is 39.0 Å². The summed E-state index contributed by atoms with van der Waals surface area (Å²) in [5.74, 6) is 1.06. The largest absolute Gasteiger partial charge is 0.331 e. The number of hydrogen-bond donors (Lipinski definition) is 2. The van der Waals surface area contributed by atoms with Gasteiger partial charge < -0.3 is 15.6 Å². The van der Waals surface area contributed by atoms with Crippen LogP contribution in [0.4, 0.5) is 5.69 Å². The van der Waals surface area contributed by atoms with Gasteiger partial charge in [0.15, 0.2) is 0 Å². The Morgan fingerprint density at radius 2 is 2.15 bits per heavy atom. The van der Waals surface area contributed by atoms with E-state index in [0.29, 0.717) is 0 Å². The monoisotopic (exact) mass is 398 g/mol. The number of nitrogens with zero attached hydrogens (tertiary/aromatic N) is 2. The minimum absolute atomic E-state index is 0. The molecule has 1 fully saturated rings. The Bertz CT molecular complexity index is 704. The normalized spacial score (nSPS) is 18.7. The summed E-state index contributed by atoms with van der Waals surface area (Å²) in [6, 6.07) is 8.08. The van der Waals surface area contributed by atoms with Crippen LogP contribution in [-0.4, -0.2) is 21.5 Å². The van der Waals surface area contributed by atoms with Gasteiger partial charge in [-0.2, -0.15) is 0 Å².